The van der Waals surface area contributed by atoms with E-state index in [1.54, 1.807) is 11.0 Å². The molecule has 23 heavy (non-hydrogen) atoms. The van der Waals surface area contributed by atoms with Gasteiger partial charge in [-0.25, -0.2) is 4.79 Å². The van der Waals surface area contributed by atoms with Crippen LogP contribution in [-0.4, -0.2) is 34.3 Å². The Labute approximate surface area is 139 Å². The molecule has 0 spiro atoms. The molecular formula is C19H29NO3. The zero-order chi connectivity index (χ0) is 17.4. The van der Waals surface area contributed by atoms with Gasteiger partial charge in [-0.15, -0.1) is 0 Å². The van der Waals surface area contributed by atoms with E-state index in [9.17, 15) is 9.90 Å². The molecule has 0 bridgehead atoms. The molecule has 0 saturated carbocycles. The maximum absolute atomic E-state index is 12.1. The van der Waals surface area contributed by atoms with E-state index >= 15 is 0 Å². The van der Waals surface area contributed by atoms with Crippen LogP contribution >= 0.6 is 0 Å². The number of hydrogen-bond acceptors (Lipinski definition) is 3. The Morgan fingerprint density at radius 2 is 1.70 bits per heavy atom. The number of amides is 1. The first kappa shape index (κ1) is 19.2. The Morgan fingerprint density at radius 3 is 2.22 bits per heavy atom. The molecule has 0 radical (unpaired) electrons. The van der Waals surface area contributed by atoms with Crippen molar-refractivity contribution in [2.75, 3.05) is 0 Å². The first-order valence-electron chi connectivity index (χ1n) is 8.20. The van der Waals surface area contributed by atoms with Crippen molar-refractivity contribution in [2.45, 2.75) is 59.2 Å². The minimum Gasteiger partial charge on any atom is -0.418 e. The average Bonchev–Trinajstić information content (AvgIpc) is 2.47. The monoisotopic (exact) mass is 319 g/mol. The Balaban J connectivity index is 2.51. The third-order valence-electron chi connectivity index (χ3n) is 3.77. The van der Waals surface area contributed by atoms with E-state index in [0.717, 1.165) is 5.56 Å². The van der Waals surface area contributed by atoms with Crippen LogP contribution in [-0.2, 0) is 11.2 Å². The Bertz CT molecular complexity index is 489. The summed E-state index contributed by atoms with van der Waals surface area (Å²) in [5, 5.41) is 10.2. The van der Waals surface area contributed by atoms with E-state index in [2.05, 4.69) is 0 Å². The third-order valence-corrected chi connectivity index (χ3v) is 3.77. The minimum atomic E-state index is -0.515. The van der Waals surface area contributed by atoms with Gasteiger partial charge in [-0.1, -0.05) is 37.3 Å². The van der Waals surface area contributed by atoms with Crippen molar-refractivity contribution in [3.63, 3.8) is 0 Å². The highest BCUT2D eigenvalue weighted by atomic mass is 16.5. The zero-order valence-electron chi connectivity index (χ0n) is 14.8. The van der Waals surface area contributed by atoms with Crippen LogP contribution in [0.5, 0.6) is 0 Å². The molecular weight excluding hydrogens is 290 g/mol. The molecule has 4 nitrogen and oxygen atoms in total. The number of hydrogen-bond donors (Lipinski definition) is 1. The van der Waals surface area contributed by atoms with Gasteiger partial charge in [0.05, 0.1) is 12.4 Å². The van der Waals surface area contributed by atoms with Crippen LogP contribution in [0, 0.1) is 5.92 Å². The largest absolute Gasteiger partial charge is 0.418 e. The van der Waals surface area contributed by atoms with Crippen molar-refractivity contribution in [3.05, 3.63) is 48.2 Å². The van der Waals surface area contributed by atoms with Gasteiger partial charge in [0.25, 0.3) is 0 Å². The number of rotatable bonds is 7. The average molecular weight is 319 g/mol. The van der Waals surface area contributed by atoms with Crippen molar-refractivity contribution in [1.29, 1.82) is 0 Å². The maximum atomic E-state index is 12.1. The zero-order valence-corrected chi connectivity index (χ0v) is 14.8. The molecule has 0 saturated heterocycles. The lowest BCUT2D eigenvalue weighted by Crippen LogP contribution is -2.41. The predicted octanol–water partition coefficient (Wildman–Crippen LogP) is 4.00. The highest BCUT2D eigenvalue weighted by Gasteiger charge is 2.21. The van der Waals surface area contributed by atoms with E-state index in [1.165, 1.54) is 6.26 Å². The van der Waals surface area contributed by atoms with Crippen LogP contribution in [0.4, 0.5) is 4.79 Å². The van der Waals surface area contributed by atoms with Crippen LogP contribution in [0.15, 0.2) is 42.7 Å². The van der Waals surface area contributed by atoms with E-state index in [1.807, 2.05) is 65.0 Å². The number of carbonyl (C=O) groups is 1. The molecule has 1 aromatic carbocycles. The summed E-state index contributed by atoms with van der Waals surface area (Å²) in [4.78, 5) is 13.7. The Morgan fingerprint density at radius 1 is 1.13 bits per heavy atom. The molecule has 1 amide bonds. The topological polar surface area (TPSA) is 49.8 Å². The van der Waals surface area contributed by atoms with E-state index < -0.39 is 6.10 Å². The highest BCUT2D eigenvalue weighted by molar-refractivity contribution is 5.68. The SMILES string of the molecule is CC(C)N(C(=O)O/C=C\[C@H](C)[C@H](O)Cc1ccccc1)C(C)C. The molecule has 0 aromatic heterocycles. The number of ether oxygens (including phenoxy) is 1. The standard InChI is InChI=1S/C19H29NO3/c1-14(2)20(15(3)4)19(22)23-12-11-16(5)18(21)13-17-9-7-6-8-10-17/h6-12,14-16,18,21H,13H2,1-5H3/b12-11-/t16-,18+/m0/s1. The van der Waals surface area contributed by atoms with Crippen molar-refractivity contribution in [1.82, 2.24) is 4.90 Å². The first-order valence-corrected chi connectivity index (χ1v) is 8.20. The summed E-state index contributed by atoms with van der Waals surface area (Å²) in [6, 6.07) is 10.0. The van der Waals surface area contributed by atoms with Gasteiger partial charge in [-0.05, 0) is 45.8 Å². The number of aliphatic hydroxyl groups is 1. The lowest BCUT2D eigenvalue weighted by Gasteiger charge is -2.29. The molecule has 0 aliphatic carbocycles. The summed E-state index contributed by atoms with van der Waals surface area (Å²) >= 11 is 0. The summed E-state index contributed by atoms with van der Waals surface area (Å²) in [5.74, 6) is -0.102. The number of aliphatic hydroxyl groups excluding tert-OH is 1. The van der Waals surface area contributed by atoms with Crippen molar-refractivity contribution in [3.8, 4) is 0 Å². The summed E-state index contributed by atoms with van der Waals surface area (Å²) < 4.78 is 5.19. The van der Waals surface area contributed by atoms with Crippen molar-refractivity contribution >= 4 is 6.09 Å². The molecule has 1 N–H and O–H groups in total. The maximum Gasteiger partial charge on any atom is 0.415 e. The van der Waals surface area contributed by atoms with Gasteiger partial charge in [-0.2, -0.15) is 0 Å². The second kappa shape index (κ2) is 9.36. The lowest BCUT2D eigenvalue weighted by atomic mass is 9.98. The fraction of sp³-hybridized carbons (Fsp3) is 0.526. The van der Waals surface area contributed by atoms with Crippen molar-refractivity contribution in [2.24, 2.45) is 5.92 Å². The fourth-order valence-electron chi connectivity index (χ4n) is 2.47. The molecule has 1 aromatic rings. The molecule has 4 heteroatoms. The second-order valence-electron chi connectivity index (χ2n) is 6.42. The lowest BCUT2D eigenvalue weighted by molar-refractivity contribution is 0.106. The predicted molar refractivity (Wildman–Crippen MR) is 93.0 cm³/mol. The van der Waals surface area contributed by atoms with E-state index in [-0.39, 0.29) is 24.1 Å². The minimum absolute atomic E-state index is 0.0806. The van der Waals surface area contributed by atoms with Gasteiger partial charge in [0.15, 0.2) is 0 Å². The molecule has 0 fully saturated rings. The molecule has 2 atom stereocenters. The quantitative estimate of drug-likeness (QED) is 0.773. The van der Waals surface area contributed by atoms with Gasteiger partial charge in [-0.3, -0.25) is 0 Å². The summed E-state index contributed by atoms with van der Waals surface area (Å²) in [6.45, 7) is 9.73. The van der Waals surface area contributed by atoms with Crippen LogP contribution in [0.25, 0.3) is 0 Å². The summed E-state index contributed by atoms with van der Waals surface area (Å²) in [6.07, 6.45) is 2.81. The summed E-state index contributed by atoms with van der Waals surface area (Å²) in [5.41, 5.74) is 1.09. The van der Waals surface area contributed by atoms with Gasteiger partial charge in [0.2, 0.25) is 0 Å². The molecule has 1 rings (SSSR count). The van der Waals surface area contributed by atoms with Crippen LogP contribution in [0.1, 0.15) is 40.2 Å². The van der Waals surface area contributed by atoms with Crippen LogP contribution in [0.3, 0.4) is 0 Å². The number of carbonyl (C=O) groups excluding carboxylic acids is 1. The Hall–Kier alpha value is -1.81. The summed E-state index contributed by atoms with van der Waals surface area (Å²) in [7, 11) is 0. The van der Waals surface area contributed by atoms with Crippen molar-refractivity contribution < 1.29 is 14.6 Å². The molecule has 0 heterocycles. The second-order valence-corrected chi connectivity index (χ2v) is 6.42. The highest BCUT2D eigenvalue weighted by Crippen LogP contribution is 2.13. The van der Waals surface area contributed by atoms with Gasteiger partial charge in [0.1, 0.15) is 0 Å². The molecule has 0 aliphatic rings. The van der Waals surface area contributed by atoms with E-state index in [0.29, 0.717) is 6.42 Å². The Kier molecular flexibility index (Phi) is 7.83. The first-order chi connectivity index (χ1) is 10.8. The van der Waals surface area contributed by atoms with Gasteiger partial charge in [0, 0.05) is 18.0 Å². The number of nitrogens with zero attached hydrogens (tertiary/aromatic N) is 1. The van der Waals surface area contributed by atoms with Crippen LogP contribution < -0.4 is 0 Å². The molecule has 128 valence electrons. The van der Waals surface area contributed by atoms with E-state index in [4.69, 9.17) is 4.74 Å². The van der Waals surface area contributed by atoms with Gasteiger partial charge < -0.3 is 14.7 Å². The third kappa shape index (κ3) is 6.45. The fourth-order valence-corrected chi connectivity index (χ4v) is 2.47. The van der Waals surface area contributed by atoms with Gasteiger partial charge >= 0.3 is 6.09 Å². The normalized spacial score (nSPS) is 14.3. The van der Waals surface area contributed by atoms with Crippen LogP contribution in [0.2, 0.25) is 0 Å². The number of benzene rings is 1. The smallest absolute Gasteiger partial charge is 0.415 e. The molecule has 0 aliphatic heterocycles. The molecule has 0 unspecified atom stereocenters.